The fraction of sp³-hybridized carbons (Fsp3) is 0.286. The second-order valence-corrected chi connectivity index (χ2v) is 4.15. The number of carbonyl (C=O) groups excluding carboxylic acids is 1. The zero-order chi connectivity index (χ0) is 9.19. The normalized spacial score (nSPS) is 20.6. The second kappa shape index (κ2) is 3.63. The number of hydrogen-bond donors (Lipinski definition) is 0. The smallest absolute Gasteiger partial charge is 0.211 e. The molecule has 0 aliphatic heterocycles. The number of hydrogen-bond acceptors (Lipinski definition) is 2. The molecule has 0 aromatic rings. The van der Waals surface area contributed by atoms with Crippen molar-refractivity contribution in [3.05, 3.63) is 22.9 Å². The van der Waals surface area contributed by atoms with Crippen molar-refractivity contribution in [1.82, 2.24) is 0 Å². The molecule has 0 aromatic heterocycles. The predicted molar refractivity (Wildman–Crippen MR) is 49.2 cm³/mol. The quantitative estimate of drug-likeness (QED) is 0.382. The molecule has 64 valence electrons. The lowest BCUT2D eigenvalue weighted by molar-refractivity contribution is 0.564. The van der Waals surface area contributed by atoms with E-state index in [2.05, 4.69) is 4.99 Å². The third-order valence-corrected chi connectivity index (χ3v) is 2.68. The third-order valence-electron chi connectivity index (χ3n) is 1.36. The molecule has 0 heterocycles. The SMILES string of the molecule is O=C=NC1=CC=C(Cl)C(Cl)(Cl)C1. The van der Waals surface area contributed by atoms with Crippen molar-refractivity contribution in [1.29, 1.82) is 0 Å². The summed E-state index contributed by atoms with van der Waals surface area (Å²) in [5.74, 6) is 0. The van der Waals surface area contributed by atoms with Gasteiger partial charge < -0.3 is 0 Å². The molecule has 0 radical (unpaired) electrons. The van der Waals surface area contributed by atoms with Crippen LogP contribution >= 0.6 is 34.8 Å². The minimum Gasteiger partial charge on any atom is -0.211 e. The Balaban J connectivity index is 2.94. The van der Waals surface area contributed by atoms with Crippen LogP contribution in [0.5, 0.6) is 0 Å². The van der Waals surface area contributed by atoms with E-state index in [1.807, 2.05) is 0 Å². The van der Waals surface area contributed by atoms with E-state index in [4.69, 9.17) is 34.8 Å². The van der Waals surface area contributed by atoms with E-state index < -0.39 is 4.33 Å². The van der Waals surface area contributed by atoms with Crippen LogP contribution in [0, 0.1) is 0 Å². The van der Waals surface area contributed by atoms with Gasteiger partial charge >= 0.3 is 0 Å². The van der Waals surface area contributed by atoms with Crippen molar-refractivity contribution in [3.63, 3.8) is 0 Å². The zero-order valence-corrected chi connectivity index (χ0v) is 8.12. The Morgan fingerprint density at radius 3 is 2.67 bits per heavy atom. The molecule has 0 saturated heterocycles. The molecule has 12 heavy (non-hydrogen) atoms. The maximum absolute atomic E-state index is 9.89. The molecule has 2 nitrogen and oxygen atoms in total. The number of alkyl halides is 2. The van der Waals surface area contributed by atoms with Gasteiger partial charge in [0.1, 0.15) is 0 Å². The molecule has 5 heteroatoms. The van der Waals surface area contributed by atoms with Gasteiger partial charge in [0.25, 0.3) is 0 Å². The molecule has 1 aliphatic carbocycles. The average Bonchev–Trinajstić information content (AvgIpc) is 1.97. The maximum Gasteiger partial charge on any atom is 0.240 e. The Morgan fingerprint density at radius 2 is 2.17 bits per heavy atom. The molecule has 0 atom stereocenters. The van der Waals surface area contributed by atoms with Crippen LogP contribution in [-0.2, 0) is 4.79 Å². The Bertz CT molecular complexity index is 300. The van der Waals surface area contributed by atoms with Crippen LogP contribution in [0.2, 0.25) is 0 Å². The Hall–Kier alpha value is -0.270. The van der Waals surface area contributed by atoms with Crippen LogP contribution in [0.1, 0.15) is 6.42 Å². The summed E-state index contributed by atoms with van der Waals surface area (Å²) in [6, 6.07) is 0. The minimum atomic E-state index is -1.16. The van der Waals surface area contributed by atoms with Gasteiger partial charge in [-0.1, -0.05) is 34.8 Å². The Labute approximate surface area is 84.5 Å². The summed E-state index contributed by atoms with van der Waals surface area (Å²) in [6.07, 6.45) is 4.72. The van der Waals surface area contributed by atoms with Crippen LogP contribution < -0.4 is 0 Å². The van der Waals surface area contributed by atoms with Gasteiger partial charge in [0, 0.05) is 6.42 Å². The first-order valence-electron chi connectivity index (χ1n) is 3.09. The van der Waals surface area contributed by atoms with Gasteiger partial charge in [-0.2, -0.15) is 4.99 Å². The first kappa shape index (κ1) is 9.82. The molecule has 0 fully saturated rings. The van der Waals surface area contributed by atoms with Crippen molar-refractivity contribution in [2.75, 3.05) is 0 Å². The first-order chi connectivity index (χ1) is 5.56. The number of allylic oxidation sites excluding steroid dienone is 4. The summed E-state index contributed by atoms with van der Waals surface area (Å²) in [5, 5.41) is 0.329. The Kier molecular flexibility index (Phi) is 2.97. The highest BCUT2D eigenvalue weighted by molar-refractivity contribution is 6.56. The number of rotatable bonds is 1. The molecule has 1 rings (SSSR count). The van der Waals surface area contributed by atoms with Gasteiger partial charge in [-0.3, -0.25) is 0 Å². The van der Waals surface area contributed by atoms with Crippen LogP contribution in [0.3, 0.4) is 0 Å². The molecule has 0 N–H and O–H groups in total. The van der Waals surface area contributed by atoms with Crippen molar-refractivity contribution in [2.24, 2.45) is 4.99 Å². The van der Waals surface area contributed by atoms with E-state index in [1.165, 1.54) is 12.2 Å². The maximum atomic E-state index is 9.89. The average molecular weight is 224 g/mol. The lowest BCUT2D eigenvalue weighted by atomic mass is 10.1. The third kappa shape index (κ3) is 2.11. The van der Waals surface area contributed by atoms with Crippen molar-refractivity contribution < 1.29 is 4.79 Å². The van der Waals surface area contributed by atoms with Crippen LogP contribution in [0.25, 0.3) is 0 Å². The molecular weight excluding hydrogens is 220 g/mol. The lowest BCUT2D eigenvalue weighted by Gasteiger charge is -2.21. The summed E-state index contributed by atoms with van der Waals surface area (Å²) >= 11 is 17.3. The van der Waals surface area contributed by atoms with Crippen LogP contribution in [-0.4, -0.2) is 10.4 Å². The van der Waals surface area contributed by atoms with E-state index in [1.54, 1.807) is 6.08 Å². The number of isocyanates is 1. The number of halogens is 3. The van der Waals surface area contributed by atoms with E-state index in [0.29, 0.717) is 10.7 Å². The molecule has 0 aromatic carbocycles. The monoisotopic (exact) mass is 223 g/mol. The summed E-state index contributed by atoms with van der Waals surface area (Å²) in [5.41, 5.74) is 0.472. The molecule has 0 unspecified atom stereocenters. The van der Waals surface area contributed by atoms with Gasteiger partial charge in [0.15, 0.2) is 4.33 Å². The highest BCUT2D eigenvalue weighted by Crippen LogP contribution is 2.41. The summed E-state index contributed by atoms with van der Waals surface area (Å²) in [4.78, 5) is 13.3. The fourth-order valence-electron chi connectivity index (χ4n) is 0.798. The van der Waals surface area contributed by atoms with Crippen molar-refractivity contribution in [2.45, 2.75) is 10.8 Å². The van der Waals surface area contributed by atoms with E-state index in [9.17, 15) is 4.79 Å². The lowest BCUT2D eigenvalue weighted by Crippen LogP contribution is -2.16. The molecule has 1 aliphatic rings. The molecule has 0 bridgehead atoms. The first-order valence-corrected chi connectivity index (χ1v) is 4.22. The van der Waals surface area contributed by atoms with Gasteiger partial charge in [-0.15, -0.1) is 0 Å². The second-order valence-electron chi connectivity index (χ2n) is 2.26. The topological polar surface area (TPSA) is 29.4 Å². The van der Waals surface area contributed by atoms with Gasteiger partial charge in [-0.25, -0.2) is 4.79 Å². The van der Waals surface area contributed by atoms with Gasteiger partial charge in [0.05, 0.1) is 10.7 Å². The van der Waals surface area contributed by atoms with Crippen LogP contribution in [0.15, 0.2) is 27.9 Å². The number of nitrogens with zero attached hydrogens (tertiary/aromatic N) is 1. The summed E-state index contributed by atoms with van der Waals surface area (Å²) in [7, 11) is 0. The fourth-order valence-corrected chi connectivity index (χ4v) is 1.33. The van der Waals surface area contributed by atoms with Crippen molar-refractivity contribution >= 4 is 40.9 Å². The van der Waals surface area contributed by atoms with Crippen molar-refractivity contribution in [3.8, 4) is 0 Å². The standard InChI is InChI=1S/C7H4Cl3NO/c8-6-2-1-5(11-4-12)3-7(6,9)10/h1-2H,3H2. The Morgan fingerprint density at radius 1 is 1.50 bits per heavy atom. The molecule has 0 spiro atoms. The molecule has 0 amide bonds. The summed E-state index contributed by atoms with van der Waals surface area (Å²) < 4.78 is -1.16. The number of aliphatic imine (C=N–C) groups is 1. The van der Waals surface area contributed by atoms with E-state index >= 15 is 0 Å². The molecule has 0 saturated carbocycles. The highest BCUT2D eigenvalue weighted by Gasteiger charge is 2.31. The van der Waals surface area contributed by atoms with Crippen LogP contribution in [0.4, 0.5) is 0 Å². The highest BCUT2D eigenvalue weighted by atomic mass is 35.5. The largest absolute Gasteiger partial charge is 0.240 e. The van der Waals surface area contributed by atoms with E-state index in [0.717, 1.165) is 0 Å². The van der Waals surface area contributed by atoms with Gasteiger partial charge in [-0.05, 0) is 12.2 Å². The molecular formula is C7H4Cl3NO. The minimum absolute atomic E-state index is 0.223. The zero-order valence-electron chi connectivity index (χ0n) is 5.85. The predicted octanol–water partition coefficient (Wildman–Crippen LogP) is 2.91. The summed E-state index contributed by atoms with van der Waals surface area (Å²) in [6.45, 7) is 0. The van der Waals surface area contributed by atoms with Gasteiger partial charge in [0.2, 0.25) is 6.08 Å². The van der Waals surface area contributed by atoms with E-state index in [-0.39, 0.29) is 6.42 Å².